The van der Waals surface area contributed by atoms with Crippen molar-refractivity contribution in [1.82, 2.24) is 10.6 Å². The van der Waals surface area contributed by atoms with Crippen LogP contribution in [0.25, 0.3) is 0 Å². The van der Waals surface area contributed by atoms with Crippen molar-refractivity contribution in [3.8, 4) is 11.5 Å². The van der Waals surface area contributed by atoms with Crippen LogP contribution in [0.15, 0.2) is 48.5 Å². The van der Waals surface area contributed by atoms with Gasteiger partial charge < -0.3 is 24.8 Å². The Morgan fingerprint density at radius 1 is 1.16 bits per heavy atom. The van der Waals surface area contributed by atoms with Gasteiger partial charge >= 0.3 is 12.0 Å². The second kappa shape index (κ2) is 8.37. The van der Waals surface area contributed by atoms with E-state index in [-0.39, 0.29) is 24.7 Å². The second-order valence-electron chi connectivity index (χ2n) is 9.43. The van der Waals surface area contributed by atoms with Crippen LogP contribution < -0.4 is 20.1 Å². The van der Waals surface area contributed by atoms with Crippen molar-refractivity contribution in [2.45, 2.75) is 63.8 Å². The van der Waals surface area contributed by atoms with Crippen molar-refractivity contribution in [3.05, 3.63) is 59.7 Å². The average Bonchev–Trinajstić information content (AvgIpc) is 2.70. The zero-order valence-electron chi connectivity index (χ0n) is 18.9. The molecule has 1 saturated heterocycles. The van der Waals surface area contributed by atoms with E-state index in [4.69, 9.17) is 14.2 Å². The first-order chi connectivity index (χ1) is 15.1. The van der Waals surface area contributed by atoms with Gasteiger partial charge in [0.05, 0.1) is 6.10 Å². The molecule has 0 saturated carbocycles. The standard InChI is InChI=1S/C25H30N2O5/c1-16(2)31-22(28)14-30-18-10-11-19-20(17-8-6-5-7-9-17)13-25(32-21(19)12-18)15-24(3,4)26-23(29)27-25/h5-12,16,20H,13-15H2,1-4H3,(H2,26,27,29)/t20-,25-/m0/s1. The molecule has 7 heteroatoms. The highest BCUT2D eigenvalue weighted by atomic mass is 16.6. The number of benzene rings is 2. The monoisotopic (exact) mass is 438 g/mol. The largest absolute Gasteiger partial charge is 0.482 e. The average molecular weight is 439 g/mol. The van der Waals surface area contributed by atoms with Crippen molar-refractivity contribution < 1.29 is 23.8 Å². The maximum atomic E-state index is 12.5. The lowest BCUT2D eigenvalue weighted by molar-refractivity contribution is -0.149. The Hall–Kier alpha value is -3.22. The number of hydrogen-bond donors (Lipinski definition) is 2. The smallest absolute Gasteiger partial charge is 0.344 e. The summed E-state index contributed by atoms with van der Waals surface area (Å²) in [5, 5.41) is 5.99. The number of rotatable bonds is 5. The Balaban J connectivity index is 1.66. The van der Waals surface area contributed by atoms with E-state index in [1.807, 2.05) is 44.2 Å². The minimum absolute atomic E-state index is 0.0362. The maximum Gasteiger partial charge on any atom is 0.344 e. The van der Waals surface area contributed by atoms with Gasteiger partial charge in [0, 0.05) is 35.9 Å². The molecular weight excluding hydrogens is 408 g/mol. The SMILES string of the molecule is CC(C)OC(=O)COc1ccc2c(c1)O[C@@]1(C[C@H]2c2ccccc2)CC(C)(C)NC(=O)N1. The molecule has 0 aromatic heterocycles. The van der Waals surface area contributed by atoms with Gasteiger partial charge in [-0.3, -0.25) is 0 Å². The lowest BCUT2D eigenvalue weighted by atomic mass is 9.77. The van der Waals surface area contributed by atoms with Crippen LogP contribution in [0.1, 0.15) is 57.6 Å². The van der Waals surface area contributed by atoms with E-state index in [9.17, 15) is 9.59 Å². The van der Waals surface area contributed by atoms with E-state index in [1.165, 1.54) is 0 Å². The van der Waals surface area contributed by atoms with E-state index in [0.29, 0.717) is 24.3 Å². The summed E-state index contributed by atoms with van der Waals surface area (Å²) in [5.41, 5.74) is 0.894. The first-order valence-corrected chi connectivity index (χ1v) is 11.0. The lowest BCUT2D eigenvalue weighted by Crippen LogP contribution is -2.69. The molecule has 32 heavy (non-hydrogen) atoms. The predicted molar refractivity (Wildman–Crippen MR) is 120 cm³/mol. The van der Waals surface area contributed by atoms with Crippen LogP contribution in [-0.4, -0.2) is 36.0 Å². The summed E-state index contributed by atoms with van der Waals surface area (Å²) in [4.78, 5) is 24.3. The van der Waals surface area contributed by atoms with Crippen LogP contribution in [0, 0.1) is 0 Å². The molecule has 2 atom stereocenters. The molecule has 1 spiro atoms. The van der Waals surface area contributed by atoms with Crippen LogP contribution in [-0.2, 0) is 9.53 Å². The Kier molecular flexibility index (Phi) is 5.75. The summed E-state index contributed by atoms with van der Waals surface area (Å²) in [7, 11) is 0. The van der Waals surface area contributed by atoms with Crippen molar-refractivity contribution >= 4 is 12.0 Å². The maximum absolute atomic E-state index is 12.5. The highest BCUT2D eigenvalue weighted by Gasteiger charge is 2.49. The van der Waals surface area contributed by atoms with Gasteiger partial charge in [-0.1, -0.05) is 36.4 Å². The van der Waals surface area contributed by atoms with Crippen LogP contribution >= 0.6 is 0 Å². The highest BCUT2D eigenvalue weighted by Crippen LogP contribution is 2.47. The van der Waals surface area contributed by atoms with Crippen molar-refractivity contribution in [2.75, 3.05) is 6.61 Å². The van der Waals surface area contributed by atoms with Crippen LogP contribution in [0.4, 0.5) is 4.79 Å². The van der Waals surface area contributed by atoms with Crippen LogP contribution in [0.5, 0.6) is 11.5 Å². The molecule has 0 aliphatic carbocycles. The van der Waals surface area contributed by atoms with Gasteiger partial charge in [0.25, 0.3) is 0 Å². The van der Waals surface area contributed by atoms with Crippen LogP contribution in [0.3, 0.4) is 0 Å². The van der Waals surface area contributed by atoms with Crippen molar-refractivity contribution in [1.29, 1.82) is 0 Å². The van der Waals surface area contributed by atoms with Gasteiger partial charge in [0.2, 0.25) is 0 Å². The quantitative estimate of drug-likeness (QED) is 0.686. The number of hydrogen-bond acceptors (Lipinski definition) is 5. The van der Waals surface area contributed by atoms with Gasteiger partial charge in [-0.25, -0.2) is 9.59 Å². The molecule has 2 aliphatic heterocycles. The highest BCUT2D eigenvalue weighted by molar-refractivity contribution is 5.77. The molecule has 0 unspecified atom stereocenters. The summed E-state index contributed by atoms with van der Waals surface area (Å²) in [6, 6.07) is 15.5. The fourth-order valence-electron chi connectivity index (χ4n) is 4.63. The summed E-state index contributed by atoms with van der Waals surface area (Å²) in [6.07, 6.45) is 1.01. The van der Waals surface area contributed by atoms with Crippen LogP contribution in [0.2, 0.25) is 0 Å². The predicted octanol–water partition coefficient (Wildman–Crippen LogP) is 4.11. The third-order valence-electron chi connectivity index (χ3n) is 5.65. The third kappa shape index (κ3) is 4.82. The number of urea groups is 1. The van der Waals surface area contributed by atoms with Gasteiger partial charge in [-0.05, 0) is 39.3 Å². The zero-order chi connectivity index (χ0) is 22.9. The summed E-state index contributed by atoms with van der Waals surface area (Å²) in [6.45, 7) is 7.39. The molecule has 2 aromatic carbocycles. The number of amides is 2. The van der Waals surface area contributed by atoms with E-state index < -0.39 is 17.2 Å². The number of nitrogens with one attached hydrogen (secondary N) is 2. The Labute approximate surface area is 188 Å². The van der Waals surface area contributed by atoms with Gasteiger partial charge in [-0.2, -0.15) is 0 Å². The topological polar surface area (TPSA) is 85.9 Å². The minimum Gasteiger partial charge on any atom is -0.482 e. The molecule has 0 bridgehead atoms. The van der Waals surface area contributed by atoms with Gasteiger partial charge in [0.1, 0.15) is 11.5 Å². The molecule has 4 rings (SSSR count). The number of esters is 1. The fourth-order valence-corrected chi connectivity index (χ4v) is 4.63. The summed E-state index contributed by atoms with van der Waals surface area (Å²) < 4.78 is 17.3. The lowest BCUT2D eigenvalue weighted by Gasteiger charge is -2.49. The molecule has 2 amide bonds. The molecular formula is C25H30N2O5. The molecule has 2 heterocycles. The summed E-state index contributed by atoms with van der Waals surface area (Å²) >= 11 is 0. The molecule has 1 fully saturated rings. The molecule has 2 aliphatic rings. The molecule has 2 aromatic rings. The van der Waals surface area contributed by atoms with E-state index in [2.05, 4.69) is 22.8 Å². The third-order valence-corrected chi connectivity index (χ3v) is 5.65. The number of carbonyl (C=O) groups is 2. The Morgan fingerprint density at radius 3 is 2.59 bits per heavy atom. The Morgan fingerprint density at radius 2 is 1.91 bits per heavy atom. The molecule has 7 nitrogen and oxygen atoms in total. The van der Waals surface area contributed by atoms with Gasteiger partial charge in [-0.15, -0.1) is 0 Å². The number of carbonyl (C=O) groups excluding carboxylic acids is 2. The van der Waals surface area contributed by atoms with E-state index in [0.717, 1.165) is 11.1 Å². The van der Waals surface area contributed by atoms with E-state index >= 15 is 0 Å². The second-order valence-corrected chi connectivity index (χ2v) is 9.43. The fraction of sp³-hybridized carbons (Fsp3) is 0.440. The number of ether oxygens (including phenoxy) is 3. The Bertz CT molecular complexity index is 1000. The zero-order valence-corrected chi connectivity index (χ0v) is 18.9. The minimum atomic E-state index is -0.853. The first kappa shape index (κ1) is 22.0. The van der Waals surface area contributed by atoms with E-state index in [1.54, 1.807) is 19.9 Å². The summed E-state index contributed by atoms with van der Waals surface area (Å²) in [5.74, 6) is 0.754. The normalized spacial score (nSPS) is 23.5. The first-order valence-electron chi connectivity index (χ1n) is 11.0. The number of fused-ring (bicyclic) bond motifs is 1. The molecule has 2 N–H and O–H groups in total. The van der Waals surface area contributed by atoms with Crippen molar-refractivity contribution in [3.63, 3.8) is 0 Å². The molecule has 0 radical (unpaired) electrons. The molecule has 170 valence electrons. The van der Waals surface area contributed by atoms with Crippen molar-refractivity contribution in [2.24, 2.45) is 0 Å². The van der Waals surface area contributed by atoms with Gasteiger partial charge in [0.15, 0.2) is 12.3 Å².